The largest absolute Gasteiger partial charge is 0.508 e. The van der Waals surface area contributed by atoms with Gasteiger partial charge in [0.25, 0.3) is 0 Å². The van der Waals surface area contributed by atoms with Crippen molar-refractivity contribution in [1.29, 1.82) is 0 Å². The van der Waals surface area contributed by atoms with Crippen molar-refractivity contribution < 1.29 is 69.7 Å². The maximum Gasteiger partial charge on any atom is 0.331 e. The number of aliphatic hydroxyl groups is 1. The lowest BCUT2D eigenvalue weighted by Crippen LogP contribution is -2.57. The van der Waals surface area contributed by atoms with E-state index in [1.54, 1.807) is 12.1 Å². The number of rotatable bonds is 5. The Hall–Kier alpha value is -6.93. The zero-order valence-corrected chi connectivity index (χ0v) is 27.2. The Kier molecular flexibility index (Phi) is 7.58. The molecule has 5 atom stereocenters. The molecule has 9 N–H and O–H groups in total. The van der Waals surface area contributed by atoms with Crippen molar-refractivity contribution in [1.82, 2.24) is 0 Å². The van der Waals surface area contributed by atoms with Gasteiger partial charge in [0.15, 0.2) is 29.1 Å². The first kappa shape index (κ1) is 33.2. The maximum atomic E-state index is 13.2. The van der Waals surface area contributed by atoms with Crippen molar-refractivity contribution in [3.63, 3.8) is 0 Å². The molecule has 5 aromatic rings. The number of aliphatic hydroxyl groups excluding tert-OH is 1. The average molecular weight is 723 g/mol. The number of hydrogen-bond acceptors (Lipinski definition) is 14. The van der Waals surface area contributed by atoms with Crippen molar-refractivity contribution in [2.24, 2.45) is 0 Å². The van der Waals surface area contributed by atoms with E-state index in [1.165, 1.54) is 60.7 Å². The number of phenolic OH excluding ortho intramolecular Hbond substituents is 8. The molecule has 270 valence electrons. The second kappa shape index (κ2) is 12.1. The first-order valence-corrected chi connectivity index (χ1v) is 16.2. The second-order valence-electron chi connectivity index (χ2n) is 12.9. The molecule has 2 bridgehead atoms. The van der Waals surface area contributed by atoms with Gasteiger partial charge in [-0.1, -0.05) is 18.2 Å². The minimum atomic E-state index is -2.16. The van der Waals surface area contributed by atoms with Crippen LogP contribution in [0.5, 0.6) is 63.2 Å². The summed E-state index contributed by atoms with van der Waals surface area (Å²) in [6.07, 6.45) is -1.53. The fourth-order valence-electron chi connectivity index (χ4n) is 7.11. The summed E-state index contributed by atoms with van der Waals surface area (Å²) in [4.78, 5) is 13.2. The Bertz CT molecular complexity index is 2330. The highest BCUT2D eigenvalue weighted by Gasteiger charge is 2.60. The van der Waals surface area contributed by atoms with Gasteiger partial charge in [-0.25, -0.2) is 4.79 Å². The van der Waals surface area contributed by atoms with Crippen molar-refractivity contribution in [2.45, 2.75) is 36.4 Å². The molecule has 0 aliphatic carbocycles. The highest BCUT2D eigenvalue weighted by atomic mass is 16.7. The molecule has 0 radical (unpaired) electrons. The van der Waals surface area contributed by atoms with Crippen molar-refractivity contribution in [3.8, 4) is 63.2 Å². The van der Waals surface area contributed by atoms with E-state index in [0.29, 0.717) is 5.56 Å². The lowest BCUT2D eigenvalue weighted by atomic mass is 9.74. The van der Waals surface area contributed by atoms with Gasteiger partial charge in [0.05, 0.1) is 5.92 Å². The first-order chi connectivity index (χ1) is 25.3. The number of ether oxygens (including phenoxy) is 4. The van der Waals surface area contributed by atoms with Gasteiger partial charge in [0.2, 0.25) is 0 Å². The van der Waals surface area contributed by atoms with Crippen LogP contribution < -0.4 is 14.2 Å². The summed E-state index contributed by atoms with van der Waals surface area (Å²) in [5, 5.41) is 95.7. The Morgan fingerprint density at radius 2 is 1.38 bits per heavy atom. The van der Waals surface area contributed by atoms with Gasteiger partial charge in [0, 0.05) is 58.5 Å². The molecule has 0 amide bonds. The number of hydrogen-bond donors (Lipinski definition) is 9. The van der Waals surface area contributed by atoms with E-state index >= 15 is 0 Å². The third-order valence-corrected chi connectivity index (χ3v) is 9.58. The molecular weight excluding hydrogens is 692 g/mol. The fraction of sp³-hybridized carbons (Fsp3) is 0.154. The highest BCUT2D eigenvalue weighted by Crippen LogP contribution is 2.62. The van der Waals surface area contributed by atoms with Gasteiger partial charge >= 0.3 is 11.8 Å². The quantitative estimate of drug-likeness (QED) is 0.0676. The van der Waals surface area contributed by atoms with Gasteiger partial charge in [-0.3, -0.25) is 0 Å². The van der Waals surface area contributed by atoms with E-state index in [2.05, 4.69) is 0 Å². The topological polar surface area (TPSA) is 236 Å². The third-order valence-electron chi connectivity index (χ3n) is 9.58. The lowest BCUT2D eigenvalue weighted by molar-refractivity contribution is -0.219. The Balaban J connectivity index is 1.27. The predicted octanol–water partition coefficient (Wildman–Crippen LogP) is 4.76. The molecule has 14 nitrogen and oxygen atoms in total. The summed E-state index contributed by atoms with van der Waals surface area (Å²) in [5.74, 6) is -7.44. The number of esters is 1. The molecule has 0 saturated heterocycles. The molecule has 3 aliphatic heterocycles. The highest BCUT2D eigenvalue weighted by molar-refractivity contribution is 5.87. The smallest absolute Gasteiger partial charge is 0.331 e. The molecule has 53 heavy (non-hydrogen) atoms. The van der Waals surface area contributed by atoms with Crippen LogP contribution in [-0.2, 0) is 21.7 Å². The van der Waals surface area contributed by atoms with Crippen LogP contribution in [0, 0.1) is 0 Å². The van der Waals surface area contributed by atoms with Crippen LogP contribution in [0.25, 0.3) is 6.08 Å². The number of carbonyl (C=O) groups excluding carboxylic acids is 1. The zero-order valence-electron chi connectivity index (χ0n) is 27.2. The monoisotopic (exact) mass is 722 g/mol. The summed E-state index contributed by atoms with van der Waals surface area (Å²) in [5.41, 5.74) is 1.20. The summed E-state index contributed by atoms with van der Waals surface area (Å²) in [6.45, 7) is 0. The lowest BCUT2D eigenvalue weighted by Gasteiger charge is -2.50. The molecule has 0 unspecified atom stereocenters. The van der Waals surface area contributed by atoms with E-state index in [1.807, 2.05) is 0 Å². The fourth-order valence-corrected chi connectivity index (χ4v) is 7.11. The Labute approximate surface area is 299 Å². The van der Waals surface area contributed by atoms with Crippen LogP contribution in [0.3, 0.4) is 0 Å². The van der Waals surface area contributed by atoms with E-state index in [0.717, 1.165) is 18.2 Å². The number of phenols is 8. The Morgan fingerprint density at radius 3 is 2.08 bits per heavy atom. The van der Waals surface area contributed by atoms with E-state index in [9.17, 15) is 50.8 Å². The van der Waals surface area contributed by atoms with Gasteiger partial charge in [0.1, 0.15) is 52.5 Å². The summed E-state index contributed by atoms with van der Waals surface area (Å²) in [6, 6.07) is 17.1. The van der Waals surface area contributed by atoms with Crippen LogP contribution >= 0.6 is 0 Å². The number of carbonyl (C=O) groups is 1. The van der Waals surface area contributed by atoms with Crippen molar-refractivity contribution in [3.05, 3.63) is 118 Å². The molecule has 0 saturated carbocycles. The first-order valence-electron chi connectivity index (χ1n) is 16.2. The average Bonchev–Trinajstić information content (AvgIpc) is 3.11. The van der Waals surface area contributed by atoms with Crippen LogP contribution in [0.4, 0.5) is 0 Å². The molecule has 8 rings (SSSR count). The third kappa shape index (κ3) is 5.43. The van der Waals surface area contributed by atoms with Gasteiger partial charge in [-0.05, 0) is 54.1 Å². The minimum Gasteiger partial charge on any atom is -0.508 e. The zero-order chi connectivity index (χ0) is 37.3. The Morgan fingerprint density at radius 1 is 0.698 bits per heavy atom. The molecular formula is C39H30O14. The molecule has 0 spiro atoms. The van der Waals surface area contributed by atoms with Crippen molar-refractivity contribution >= 4 is 12.0 Å². The number of aromatic hydroxyl groups is 8. The van der Waals surface area contributed by atoms with Crippen LogP contribution in [0.2, 0.25) is 0 Å². The summed E-state index contributed by atoms with van der Waals surface area (Å²) in [7, 11) is 0. The summed E-state index contributed by atoms with van der Waals surface area (Å²) >= 11 is 0. The molecule has 14 heteroatoms. The van der Waals surface area contributed by atoms with Crippen LogP contribution in [0.15, 0.2) is 84.9 Å². The maximum absolute atomic E-state index is 13.2. The molecule has 5 aromatic carbocycles. The van der Waals surface area contributed by atoms with E-state index < -0.39 is 64.7 Å². The number of benzene rings is 5. The van der Waals surface area contributed by atoms with E-state index in [-0.39, 0.29) is 68.7 Å². The van der Waals surface area contributed by atoms with Crippen LogP contribution in [0.1, 0.15) is 45.4 Å². The molecule has 3 heterocycles. The molecule has 0 aromatic heterocycles. The molecule has 3 aliphatic rings. The predicted molar refractivity (Wildman–Crippen MR) is 182 cm³/mol. The van der Waals surface area contributed by atoms with E-state index in [4.69, 9.17) is 18.9 Å². The number of fused-ring (bicyclic) bond motifs is 8. The molecule has 0 fully saturated rings. The standard InChI is InChI=1S/C39H30O14/c40-20-6-1-17(2-7-20)3-10-32(48)50-31-15-22-25(44)16-30-34(37(22)51-36(31)18-4-8-23(42)26(45)11-18)35-33-28(47)13-21(41)14-29(33)52-39(53-30,38(35)49)19-5-9-24(43)27(46)12-19/h1-14,16,31,35-36,38,40-47,49H,15H2/b10-3+/t31-,35-,36-,38-,39+/m1/s1. The summed E-state index contributed by atoms with van der Waals surface area (Å²) < 4.78 is 25.0. The van der Waals surface area contributed by atoms with Gasteiger partial charge in [-0.15, -0.1) is 0 Å². The minimum absolute atomic E-state index is 0.0176. The van der Waals surface area contributed by atoms with Crippen molar-refractivity contribution in [2.75, 3.05) is 0 Å². The van der Waals surface area contributed by atoms with Gasteiger partial charge in [-0.2, -0.15) is 0 Å². The van der Waals surface area contributed by atoms with Gasteiger partial charge < -0.3 is 64.9 Å². The SMILES string of the molecule is O=C(/C=C/c1ccc(O)cc1)O[C@@H]1Cc2c(O)cc3c(c2O[C@@H]1c1ccc(O)c(O)c1)[C@H]1c2c(O)cc(O)cc2O[C@@](c2ccc(O)c(O)c2)(O3)[C@@H]1O. The normalized spacial score (nSPS) is 22.4. The second-order valence-corrected chi connectivity index (χ2v) is 12.9. The van der Waals surface area contributed by atoms with Crippen LogP contribution in [-0.4, -0.2) is 64.1 Å².